The van der Waals surface area contributed by atoms with Crippen molar-refractivity contribution in [1.82, 2.24) is 5.32 Å². The molecule has 1 aromatic heterocycles. The van der Waals surface area contributed by atoms with E-state index in [0.717, 1.165) is 11.3 Å². The minimum atomic E-state index is 0.266. The van der Waals surface area contributed by atoms with Crippen LogP contribution in [0.5, 0.6) is 0 Å². The van der Waals surface area contributed by atoms with Crippen molar-refractivity contribution in [2.75, 3.05) is 7.05 Å². The average molecular weight is 189 g/mol. The number of hydrogen-bond donors (Lipinski definition) is 1. The van der Waals surface area contributed by atoms with E-state index in [-0.39, 0.29) is 6.04 Å². The van der Waals surface area contributed by atoms with Crippen molar-refractivity contribution in [3.63, 3.8) is 0 Å². The van der Waals surface area contributed by atoms with Crippen LogP contribution in [0.1, 0.15) is 24.3 Å². The molecule has 0 fully saturated rings. The summed E-state index contributed by atoms with van der Waals surface area (Å²) < 4.78 is 5.79. The largest absolute Gasteiger partial charge is 0.459 e. The summed E-state index contributed by atoms with van der Waals surface area (Å²) in [6, 6.07) is 8.41. The summed E-state index contributed by atoms with van der Waals surface area (Å²) in [6.45, 7) is 4.21. The lowest BCUT2D eigenvalue weighted by Gasteiger charge is -2.06. The molecule has 0 unspecified atom stereocenters. The maximum absolute atomic E-state index is 5.79. The molecule has 0 aliphatic rings. The fourth-order valence-corrected chi connectivity index (χ4v) is 1.74. The summed E-state index contributed by atoms with van der Waals surface area (Å²) >= 11 is 0. The highest BCUT2D eigenvalue weighted by Crippen LogP contribution is 2.28. The fraction of sp³-hybridized carbons (Fsp3) is 0.333. The van der Waals surface area contributed by atoms with Gasteiger partial charge in [-0.2, -0.15) is 0 Å². The number of benzene rings is 1. The smallest absolute Gasteiger partial charge is 0.134 e. The van der Waals surface area contributed by atoms with Crippen LogP contribution in [0.3, 0.4) is 0 Å². The third-order valence-corrected chi connectivity index (χ3v) is 2.71. The van der Waals surface area contributed by atoms with Gasteiger partial charge in [0.15, 0.2) is 0 Å². The first-order valence-electron chi connectivity index (χ1n) is 4.89. The third-order valence-electron chi connectivity index (χ3n) is 2.71. The van der Waals surface area contributed by atoms with E-state index in [9.17, 15) is 0 Å². The van der Waals surface area contributed by atoms with Crippen LogP contribution in [0.15, 0.2) is 28.7 Å². The topological polar surface area (TPSA) is 25.2 Å². The molecule has 1 atom stereocenters. The summed E-state index contributed by atoms with van der Waals surface area (Å²) in [5.74, 6) is 1.04. The molecule has 0 aliphatic heterocycles. The second kappa shape index (κ2) is 3.46. The fourth-order valence-electron chi connectivity index (χ4n) is 1.74. The molecule has 0 saturated carbocycles. The highest BCUT2D eigenvalue weighted by atomic mass is 16.3. The van der Waals surface area contributed by atoms with Gasteiger partial charge in [-0.15, -0.1) is 0 Å². The van der Waals surface area contributed by atoms with E-state index in [2.05, 4.69) is 25.2 Å². The van der Waals surface area contributed by atoms with E-state index < -0.39 is 0 Å². The maximum Gasteiger partial charge on any atom is 0.134 e. The Labute approximate surface area is 83.9 Å². The Balaban J connectivity index is 2.62. The highest BCUT2D eigenvalue weighted by molar-refractivity contribution is 5.82. The molecule has 2 nitrogen and oxygen atoms in total. The first-order valence-corrected chi connectivity index (χ1v) is 4.89. The van der Waals surface area contributed by atoms with E-state index in [1.54, 1.807) is 0 Å². The van der Waals surface area contributed by atoms with Crippen molar-refractivity contribution in [2.24, 2.45) is 0 Å². The molecular formula is C12H15NO. The van der Waals surface area contributed by atoms with Gasteiger partial charge in [0.1, 0.15) is 11.3 Å². The van der Waals surface area contributed by atoms with Crippen LogP contribution in [0.2, 0.25) is 0 Å². The molecule has 0 amide bonds. The summed E-state index contributed by atoms with van der Waals surface area (Å²) in [5.41, 5.74) is 2.21. The van der Waals surface area contributed by atoms with Gasteiger partial charge in [0.2, 0.25) is 0 Å². The standard InChI is InChI=1S/C12H15NO/c1-8-10-6-4-5-7-11(10)14-12(8)9(2)13-3/h4-7,9,13H,1-3H3/t9-/m0/s1. The lowest BCUT2D eigenvalue weighted by molar-refractivity contribution is 0.471. The van der Waals surface area contributed by atoms with E-state index in [4.69, 9.17) is 4.42 Å². The van der Waals surface area contributed by atoms with Crippen LogP contribution in [0.25, 0.3) is 11.0 Å². The SMILES string of the molecule is CN[C@@H](C)c1oc2ccccc2c1C. The average Bonchev–Trinajstić information content (AvgIpc) is 2.56. The minimum Gasteiger partial charge on any atom is -0.459 e. The van der Waals surface area contributed by atoms with Gasteiger partial charge in [-0.1, -0.05) is 18.2 Å². The predicted octanol–water partition coefficient (Wildman–Crippen LogP) is 3.02. The molecular weight excluding hydrogens is 174 g/mol. The van der Waals surface area contributed by atoms with Crippen molar-refractivity contribution >= 4 is 11.0 Å². The van der Waals surface area contributed by atoms with Crippen LogP contribution in [-0.2, 0) is 0 Å². The molecule has 0 bridgehead atoms. The predicted molar refractivity (Wildman–Crippen MR) is 58.4 cm³/mol. The Kier molecular flexibility index (Phi) is 2.30. The van der Waals surface area contributed by atoms with Crippen LogP contribution in [-0.4, -0.2) is 7.05 Å². The molecule has 14 heavy (non-hydrogen) atoms. The molecule has 1 heterocycles. The van der Waals surface area contributed by atoms with Crippen molar-refractivity contribution < 1.29 is 4.42 Å². The molecule has 74 valence electrons. The first kappa shape index (κ1) is 9.28. The molecule has 0 saturated heterocycles. The summed E-state index contributed by atoms with van der Waals surface area (Å²) in [7, 11) is 1.94. The van der Waals surface area contributed by atoms with Crippen molar-refractivity contribution in [3.05, 3.63) is 35.6 Å². The zero-order valence-corrected chi connectivity index (χ0v) is 8.79. The Morgan fingerprint density at radius 3 is 2.64 bits per heavy atom. The molecule has 1 N–H and O–H groups in total. The van der Waals surface area contributed by atoms with Gasteiger partial charge in [0.05, 0.1) is 6.04 Å². The van der Waals surface area contributed by atoms with E-state index in [1.807, 2.05) is 25.2 Å². The monoisotopic (exact) mass is 189 g/mol. The number of fused-ring (bicyclic) bond motifs is 1. The lowest BCUT2D eigenvalue weighted by Crippen LogP contribution is -2.12. The van der Waals surface area contributed by atoms with E-state index in [0.29, 0.717) is 0 Å². The van der Waals surface area contributed by atoms with Gasteiger partial charge >= 0.3 is 0 Å². The summed E-state index contributed by atoms with van der Waals surface area (Å²) in [5, 5.41) is 4.40. The molecule has 0 aliphatic carbocycles. The third kappa shape index (κ3) is 1.32. The molecule has 2 heteroatoms. The lowest BCUT2D eigenvalue weighted by atomic mass is 10.1. The number of rotatable bonds is 2. The Morgan fingerprint density at radius 1 is 1.29 bits per heavy atom. The van der Waals surface area contributed by atoms with Crippen molar-refractivity contribution in [1.29, 1.82) is 0 Å². The van der Waals surface area contributed by atoms with Crippen molar-refractivity contribution in [3.8, 4) is 0 Å². The van der Waals surface area contributed by atoms with Crippen LogP contribution >= 0.6 is 0 Å². The number of hydrogen-bond acceptors (Lipinski definition) is 2. The van der Waals surface area contributed by atoms with Gasteiger partial charge in [0, 0.05) is 5.39 Å². The maximum atomic E-state index is 5.79. The van der Waals surface area contributed by atoms with Crippen LogP contribution < -0.4 is 5.32 Å². The van der Waals surface area contributed by atoms with Gasteiger partial charge in [0.25, 0.3) is 0 Å². The normalized spacial score (nSPS) is 13.4. The number of para-hydroxylation sites is 1. The first-order chi connectivity index (χ1) is 6.74. The molecule has 2 rings (SSSR count). The Hall–Kier alpha value is -1.28. The van der Waals surface area contributed by atoms with Gasteiger partial charge in [-0.3, -0.25) is 0 Å². The van der Waals surface area contributed by atoms with Gasteiger partial charge in [-0.05, 0) is 32.5 Å². The van der Waals surface area contributed by atoms with Crippen LogP contribution in [0.4, 0.5) is 0 Å². The molecule has 1 aromatic carbocycles. The quantitative estimate of drug-likeness (QED) is 0.785. The summed E-state index contributed by atoms with van der Waals surface area (Å²) in [6.07, 6.45) is 0. The van der Waals surface area contributed by atoms with Gasteiger partial charge < -0.3 is 9.73 Å². The number of furan rings is 1. The van der Waals surface area contributed by atoms with E-state index >= 15 is 0 Å². The van der Waals surface area contributed by atoms with Crippen molar-refractivity contribution in [2.45, 2.75) is 19.9 Å². The number of nitrogens with one attached hydrogen (secondary N) is 1. The molecule has 2 aromatic rings. The van der Waals surface area contributed by atoms with Gasteiger partial charge in [-0.25, -0.2) is 0 Å². The minimum absolute atomic E-state index is 0.266. The zero-order chi connectivity index (χ0) is 10.1. The Morgan fingerprint density at radius 2 is 2.00 bits per heavy atom. The summed E-state index contributed by atoms with van der Waals surface area (Å²) in [4.78, 5) is 0. The molecule has 0 radical (unpaired) electrons. The second-order valence-corrected chi connectivity index (χ2v) is 3.60. The second-order valence-electron chi connectivity index (χ2n) is 3.60. The number of aryl methyl sites for hydroxylation is 1. The highest BCUT2D eigenvalue weighted by Gasteiger charge is 2.14. The Bertz CT molecular complexity index is 445. The van der Waals surface area contributed by atoms with Crippen LogP contribution in [0, 0.1) is 6.92 Å². The van der Waals surface area contributed by atoms with E-state index in [1.165, 1.54) is 10.9 Å². The molecule has 0 spiro atoms. The zero-order valence-electron chi connectivity index (χ0n) is 8.79.